The smallest absolute Gasteiger partial charge is 0.338 e. The van der Waals surface area contributed by atoms with Crippen LogP contribution in [-0.4, -0.2) is 24.1 Å². The number of hydrogen-bond donors (Lipinski definition) is 0. The second-order valence-electron chi connectivity index (χ2n) is 14.3. The van der Waals surface area contributed by atoms with Crippen LogP contribution in [-0.2, 0) is 9.47 Å². The quantitative estimate of drug-likeness (QED) is 0.244. The fourth-order valence-corrected chi connectivity index (χ4v) is 7.36. The Morgan fingerprint density at radius 1 is 0.523 bits per heavy atom. The van der Waals surface area contributed by atoms with E-state index in [1.807, 2.05) is 48.5 Å². The number of hydrogen-bond acceptors (Lipinski definition) is 4. The van der Waals surface area contributed by atoms with E-state index in [0.717, 1.165) is 47.9 Å². The fourth-order valence-electron chi connectivity index (χ4n) is 7.36. The largest absolute Gasteiger partial charge is 0.458 e. The van der Waals surface area contributed by atoms with E-state index in [1.54, 1.807) is 0 Å². The molecule has 6 atom stereocenters. The summed E-state index contributed by atoms with van der Waals surface area (Å²) in [4.78, 5) is 26.0. The van der Waals surface area contributed by atoms with E-state index < -0.39 is 0 Å². The number of rotatable bonds is 8. The van der Waals surface area contributed by atoms with Gasteiger partial charge in [-0.2, -0.15) is 0 Å². The van der Waals surface area contributed by atoms with E-state index in [9.17, 15) is 9.59 Å². The van der Waals surface area contributed by atoms with Crippen LogP contribution >= 0.6 is 0 Å². The summed E-state index contributed by atoms with van der Waals surface area (Å²) < 4.78 is 12.1. The van der Waals surface area contributed by atoms with Gasteiger partial charge in [0.15, 0.2) is 0 Å². The van der Waals surface area contributed by atoms with Gasteiger partial charge in [0.05, 0.1) is 11.1 Å². The van der Waals surface area contributed by atoms with Gasteiger partial charge in [-0.05, 0) is 108 Å². The second-order valence-corrected chi connectivity index (χ2v) is 14.3. The SMILES string of the molecule is CC(C)C1CC[C@@H](C)CC1OC(=O)c1ccc(-c2ccc(-c3ccc(C(=O)OC4C[C@H](C)CCC4C(C)C)cc3)cc2)cc1. The molecule has 0 aromatic heterocycles. The molecule has 4 heteroatoms. The Morgan fingerprint density at radius 3 is 1.11 bits per heavy atom. The van der Waals surface area contributed by atoms with E-state index in [2.05, 4.69) is 65.8 Å². The first-order chi connectivity index (χ1) is 21.1. The monoisotopic (exact) mass is 594 g/mol. The van der Waals surface area contributed by atoms with Crippen LogP contribution in [0.1, 0.15) is 101 Å². The molecule has 44 heavy (non-hydrogen) atoms. The molecule has 0 heterocycles. The van der Waals surface area contributed by atoms with Crippen LogP contribution in [0.4, 0.5) is 0 Å². The molecule has 2 saturated carbocycles. The van der Waals surface area contributed by atoms with Crippen LogP contribution in [0.3, 0.4) is 0 Å². The lowest BCUT2D eigenvalue weighted by Crippen LogP contribution is -2.35. The summed E-state index contributed by atoms with van der Waals surface area (Å²) >= 11 is 0. The molecule has 4 nitrogen and oxygen atoms in total. The van der Waals surface area contributed by atoms with E-state index >= 15 is 0 Å². The Labute approximate surface area is 264 Å². The van der Waals surface area contributed by atoms with Crippen LogP contribution in [0, 0.1) is 35.5 Å². The standard InChI is InChI=1S/C40H50O4/c1-25(2)35-21-7-27(5)23-37(35)43-39(41)33-17-13-31(14-18-33)29-9-11-30(12-10-29)32-15-19-34(20-16-32)40(42)44-38-24-28(6)8-22-36(38)26(3)4/h9-20,25-28,35-38H,7-8,21-24H2,1-6H3/t27-,28-,35?,36?,37?,38?/m1/s1. The summed E-state index contributed by atoms with van der Waals surface area (Å²) in [5, 5.41) is 0. The van der Waals surface area contributed by atoms with Gasteiger partial charge >= 0.3 is 11.9 Å². The molecule has 2 fully saturated rings. The predicted molar refractivity (Wildman–Crippen MR) is 178 cm³/mol. The molecule has 0 saturated heterocycles. The minimum atomic E-state index is -0.225. The maximum Gasteiger partial charge on any atom is 0.338 e. The Balaban J connectivity index is 1.20. The van der Waals surface area contributed by atoms with Crippen molar-refractivity contribution in [3.63, 3.8) is 0 Å². The Morgan fingerprint density at radius 2 is 0.818 bits per heavy atom. The third-order valence-electron chi connectivity index (χ3n) is 10.2. The van der Waals surface area contributed by atoms with Gasteiger partial charge in [0.1, 0.15) is 12.2 Å². The molecule has 2 aliphatic carbocycles. The van der Waals surface area contributed by atoms with Crippen LogP contribution in [0.2, 0.25) is 0 Å². The van der Waals surface area contributed by atoms with Crippen molar-refractivity contribution in [2.45, 2.75) is 92.3 Å². The predicted octanol–water partition coefficient (Wildman–Crippen LogP) is 10.3. The lowest BCUT2D eigenvalue weighted by molar-refractivity contribution is -0.0181. The normalized spacial score (nSPS) is 25.5. The first kappa shape index (κ1) is 32.0. The van der Waals surface area contributed by atoms with Crippen molar-refractivity contribution in [2.75, 3.05) is 0 Å². The summed E-state index contributed by atoms with van der Waals surface area (Å²) in [7, 11) is 0. The first-order valence-corrected chi connectivity index (χ1v) is 16.8. The maximum atomic E-state index is 13.0. The molecule has 2 aliphatic rings. The molecule has 5 rings (SSSR count). The van der Waals surface area contributed by atoms with Crippen LogP contribution in [0.25, 0.3) is 22.3 Å². The molecule has 0 bridgehead atoms. The Hall–Kier alpha value is -3.40. The van der Waals surface area contributed by atoms with Crippen LogP contribution < -0.4 is 0 Å². The summed E-state index contributed by atoms with van der Waals surface area (Å²) in [5.41, 5.74) is 5.46. The van der Waals surface area contributed by atoms with Crippen LogP contribution in [0.15, 0.2) is 72.8 Å². The molecule has 0 N–H and O–H groups in total. The Bertz CT molecular complexity index is 1280. The van der Waals surface area contributed by atoms with Crippen LogP contribution in [0.5, 0.6) is 0 Å². The molecule has 234 valence electrons. The minimum absolute atomic E-state index is 0.00359. The third-order valence-corrected chi connectivity index (χ3v) is 10.2. The average Bonchev–Trinajstić information content (AvgIpc) is 3.01. The number of ether oxygens (including phenoxy) is 2. The van der Waals surface area contributed by atoms with Gasteiger partial charge in [-0.15, -0.1) is 0 Å². The van der Waals surface area contributed by atoms with Crippen molar-refractivity contribution in [2.24, 2.45) is 35.5 Å². The molecule has 4 unspecified atom stereocenters. The zero-order valence-corrected chi connectivity index (χ0v) is 27.4. The Kier molecular flexibility index (Phi) is 10.3. The highest BCUT2D eigenvalue weighted by Crippen LogP contribution is 2.37. The highest BCUT2D eigenvalue weighted by atomic mass is 16.5. The average molecular weight is 595 g/mol. The zero-order chi connectivity index (χ0) is 31.4. The summed E-state index contributed by atoms with van der Waals surface area (Å²) in [6.07, 6.45) is 6.57. The van der Waals surface area contributed by atoms with E-state index in [-0.39, 0.29) is 24.1 Å². The highest BCUT2D eigenvalue weighted by Gasteiger charge is 2.34. The lowest BCUT2D eigenvalue weighted by Gasteiger charge is -2.36. The van der Waals surface area contributed by atoms with Gasteiger partial charge in [0.25, 0.3) is 0 Å². The van der Waals surface area contributed by atoms with Crippen molar-refractivity contribution in [3.8, 4) is 22.3 Å². The summed E-state index contributed by atoms with van der Waals surface area (Å²) in [6, 6.07) is 23.8. The van der Waals surface area contributed by atoms with E-state index in [4.69, 9.17) is 9.47 Å². The molecule has 0 aliphatic heterocycles. The summed E-state index contributed by atoms with van der Waals surface area (Å²) in [5.74, 6) is 2.61. The maximum absolute atomic E-state index is 13.0. The second kappa shape index (κ2) is 14.1. The third kappa shape index (κ3) is 7.62. The van der Waals surface area contributed by atoms with Crippen molar-refractivity contribution >= 4 is 11.9 Å². The van der Waals surface area contributed by atoms with Crippen molar-refractivity contribution < 1.29 is 19.1 Å². The number of benzene rings is 3. The summed E-state index contributed by atoms with van der Waals surface area (Å²) in [6.45, 7) is 13.4. The topological polar surface area (TPSA) is 52.6 Å². The number of esters is 2. The highest BCUT2D eigenvalue weighted by molar-refractivity contribution is 5.91. The lowest BCUT2D eigenvalue weighted by atomic mass is 9.75. The van der Waals surface area contributed by atoms with Gasteiger partial charge in [-0.1, -0.05) is 103 Å². The van der Waals surface area contributed by atoms with Gasteiger partial charge in [-0.25, -0.2) is 9.59 Å². The number of carbonyl (C=O) groups excluding carboxylic acids is 2. The van der Waals surface area contributed by atoms with Crippen molar-refractivity contribution in [1.82, 2.24) is 0 Å². The number of carbonyl (C=O) groups is 2. The van der Waals surface area contributed by atoms with Gasteiger partial charge < -0.3 is 9.47 Å². The molecule has 3 aromatic carbocycles. The molecule has 0 radical (unpaired) electrons. The first-order valence-electron chi connectivity index (χ1n) is 16.8. The molecular weight excluding hydrogens is 544 g/mol. The van der Waals surface area contributed by atoms with Gasteiger partial charge in [0.2, 0.25) is 0 Å². The molecule has 0 spiro atoms. The fraction of sp³-hybridized carbons (Fsp3) is 0.500. The zero-order valence-electron chi connectivity index (χ0n) is 27.4. The minimum Gasteiger partial charge on any atom is -0.458 e. The molecular formula is C40H50O4. The van der Waals surface area contributed by atoms with Crippen molar-refractivity contribution in [1.29, 1.82) is 0 Å². The van der Waals surface area contributed by atoms with Crippen molar-refractivity contribution in [3.05, 3.63) is 83.9 Å². The molecule has 0 amide bonds. The van der Waals surface area contributed by atoms with E-state index in [0.29, 0.717) is 46.6 Å². The molecule has 3 aromatic rings. The van der Waals surface area contributed by atoms with Gasteiger partial charge in [0, 0.05) is 0 Å². The van der Waals surface area contributed by atoms with E-state index in [1.165, 1.54) is 12.8 Å². The van der Waals surface area contributed by atoms with Gasteiger partial charge in [-0.3, -0.25) is 0 Å².